The number of carboxylic acids is 1. The molecule has 26 heavy (non-hydrogen) atoms. The van der Waals surface area contributed by atoms with Gasteiger partial charge in [0.1, 0.15) is 12.6 Å². The Morgan fingerprint density at radius 1 is 1.35 bits per heavy atom. The molecule has 4 atom stereocenters. The molecule has 0 spiro atoms. The minimum absolute atomic E-state index is 0.119. The molecule has 9 nitrogen and oxygen atoms in total. The molecule has 1 aliphatic carbocycles. The number of nitrogens with two attached hydrogens (primary N) is 2. The average molecular weight is 358 g/mol. The first-order valence-corrected chi connectivity index (χ1v) is 7.88. The van der Waals surface area contributed by atoms with Gasteiger partial charge in [0, 0.05) is 17.8 Å². The van der Waals surface area contributed by atoms with Crippen LogP contribution >= 0.6 is 0 Å². The summed E-state index contributed by atoms with van der Waals surface area (Å²) in [7, 11) is 0. The zero-order valence-electron chi connectivity index (χ0n) is 13.7. The number of aliphatic carboxylic acids is 1. The molecular weight excluding hydrogens is 340 g/mol. The molecule has 0 saturated heterocycles. The number of esters is 1. The molecule has 1 aromatic carbocycles. The maximum atomic E-state index is 12.9. The van der Waals surface area contributed by atoms with Crippen LogP contribution in [0.5, 0.6) is 0 Å². The number of carbonyl (C=O) groups excluding carboxylic acids is 2. The Labute approximate surface area is 148 Å². The van der Waals surface area contributed by atoms with Gasteiger partial charge in [-0.25, -0.2) is 4.98 Å². The standard InChI is InChI=1S/C17H18N4O5/c18-12-11(10-6-20-8-21-10)17(14(12)22,13(19)15(23)24)16(25)26-7-9-4-2-1-3-5-9/h1-6,8,11-13H,7,18-19H2,(H,20,21)(H,23,24)/t11?,12?,13-,17?/m0/s1. The minimum atomic E-state index is -2.10. The number of ketones is 1. The smallest absolute Gasteiger partial charge is 0.323 e. The highest BCUT2D eigenvalue weighted by molar-refractivity contribution is 6.17. The summed E-state index contributed by atoms with van der Waals surface area (Å²) in [6.45, 7) is -0.119. The van der Waals surface area contributed by atoms with Gasteiger partial charge in [-0.05, 0) is 5.56 Å². The van der Waals surface area contributed by atoms with Crippen LogP contribution in [0.15, 0.2) is 42.9 Å². The summed E-state index contributed by atoms with van der Waals surface area (Å²) >= 11 is 0. The molecule has 3 unspecified atom stereocenters. The molecule has 1 aliphatic rings. The van der Waals surface area contributed by atoms with Crippen molar-refractivity contribution in [2.24, 2.45) is 16.9 Å². The number of H-pyrrole nitrogens is 1. The van der Waals surface area contributed by atoms with Crippen LogP contribution in [0.3, 0.4) is 0 Å². The van der Waals surface area contributed by atoms with Crippen molar-refractivity contribution in [1.29, 1.82) is 0 Å². The van der Waals surface area contributed by atoms with E-state index in [0.717, 1.165) is 0 Å². The summed E-state index contributed by atoms with van der Waals surface area (Å²) in [6, 6.07) is 5.92. The largest absolute Gasteiger partial charge is 0.480 e. The molecule has 1 saturated carbocycles. The fourth-order valence-corrected chi connectivity index (χ4v) is 3.38. The third-order valence-electron chi connectivity index (χ3n) is 4.72. The zero-order valence-corrected chi connectivity index (χ0v) is 13.7. The molecule has 136 valence electrons. The van der Waals surface area contributed by atoms with Gasteiger partial charge in [-0.1, -0.05) is 30.3 Å². The number of carboxylic acid groups (broad SMARTS) is 1. The lowest BCUT2D eigenvalue weighted by molar-refractivity contribution is -0.179. The van der Waals surface area contributed by atoms with Crippen molar-refractivity contribution < 1.29 is 24.2 Å². The Morgan fingerprint density at radius 3 is 2.62 bits per heavy atom. The lowest BCUT2D eigenvalue weighted by Gasteiger charge is -2.50. The molecule has 0 bridgehead atoms. The van der Waals surface area contributed by atoms with Gasteiger partial charge in [-0.3, -0.25) is 14.4 Å². The van der Waals surface area contributed by atoms with Crippen molar-refractivity contribution in [3.05, 3.63) is 54.1 Å². The molecule has 0 aliphatic heterocycles. The van der Waals surface area contributed by atoms with E-state index in [2.05, 4.69) is 9.97 Å². The van der Waals surface area contributed by atoms with E-state index in [0.29, 0.717) is 11.3 Å². The van der Waals surface area contributed by atoms with E-state index in [4.69, 9.17) is 16.2 Å². The van der Waals surface area contributed by atoms with E-state index in [-0.39, 0.29) is 6.61 Å². The third kappa shape index (κ3) is 2.57. The summed E-state index contributed by atoms with van der Waals surface area (Å²) < 4.78 is 5.26. The number of ether oxygens (including phenoxy) is 1. The highest BCUT2D eigenvalue weighted by atomic mass is 16.5. The van der Waals surface area contributed by atoms with E-state index >= 15 is 0 Å². The molecule has 3 rings (SSSR count). The van der Waals surface area contributed by atoms with E-state index in [1.165, 1.54) is 12.5 Å². The second-order valence-corrected chi connectivity index (χ2v) is 6.12. The number of nitrogens with one attached hydrogen (secondary N) is 1. The van der Waals surface area contributed by atoms with Gasteiger partial charge in [0.05, 0.1) is 12.4 Å². The molecule has 9 heteroatoms. The van der Waals surface area contributed by atoms with Gasteiger partial charge in [0.25, 0.3) is 0 Å². The Morgan fingerprint density at radius 2 is 2.04 bits per heavy atom. The van der Waals surface area contributed by atoms with E-state index in [9.17, 15) is 19.5 Å². The highest BCUT2D eigenvalue weighted by Crippen LogP contribution is 2.51. The number of hydrogen-bond acceptors (Lipinski definition) is 7. The maximum absolute atomic E-state index is 12.9. The first kappa shape index (κ1) is 17.8. The predicted molar refractivity (Wildman–Crippen MR) is 88.6 cm³/mol. The van der Waals surface area contributed by atoms with Crippen LogP contribution in [0, 0.1) is 5.41 Å². The van der Waals surface area contributed by atoms with Crippen molar-refractivity contribution >= 4 is 17.7 Å². The van der Waals surface area contributed by atoms with Crippen LogP contribution in [0.2, 0.25) is 0 Å². The Balaban J connectivity index is 1.95. The van der Waals surface area contributed by atoms with Crippen LogP contribution in [-0.2, 0) is 25.7 Å². The normalized spacial score (nSPS) is 26.0. The Kier molecular flexibility index (Phi) is 4.58. The molecule has 1 fully saturated rings. The van der Waals surface area contributed by atoms with Crippen molar-refractivity contribution in [3.8, 4) is 0 Å². The van der Waals surface area contributed by atoms with Crippen LogP contribution in [0.1, 0.15) is 17.2 Å². The first-order chi connectivity index (χ1) is 12.4. The van der Waals surface area contributed by atoms with Crippen LogP contribution in [-0.4, -0.2) is 44.9 Å². The van der Waals surface area contributed by atoms with Crippen molar-refractivity contribution in [2.45, 2.75) is 24.6 Å². The first-order valence-electron chi connectivity index (χ1n) is 7.88. The number of Topliss-reactive ketones (excluding diaryl/α,β-unsaturated/α-hetero) is 1. The fourth-order valence-electron chi connectivity index (χ4n) is 3.38. The van der Waals surface area contributed by atoms with Crippen molar-refractivity contribution in [2.75, 3.05) is 0 Å². The lowest BCUT2D eigenvalue weighted by atomic mass is 9.51. The molecule has 6 N–H and O–H groups in total. The zero-order chi connectivity index (χ0) is 18.9. The molecule has 1 heterocycles. The monoisotopic (exact) mass is 358 g/mol. The summed E-state index contributed by atoms with van der Waals surface area (Å²) in [5.41, 5.74) is 10.6. The number of benzene rings is 1. The van der Waals surface area contributed by atoms with Gasteiger partial charge >= 0.3 is 11.9 Å². The number of nitrogens with zero attached hydrogens (tertiary/aromatic N) is 1. The van der Waals surface area contributed by atoms with Gasteiger partial charge in [0.2, 0.25) is 0 Å². The predicted octanol–water partition coefficient (Wildman–Crippen LogP) is -0.455. The molecule has 1 aromatic heterocycles. The summed E-state index contributed by atoms with van der Waals surface area (Å²) in [5, 5.41) is 9.38. The summed E-state index contributed by atoms with van der Waals surface area (Å²) in [6.07, 6.45) is 2.72. The number of imidazole rings is 1. The summed E-state index contributed by atoms with van der Waals surface area (Å²) in [4.78, 5) is 43.6. The van der Waals surface area contributed by atoms with E-state index < -0.39 is 41.1 Å². The Bertz CT molecular complexity index is 823. The van der Waals surface area contributed by atoms with Gasteiger partial charge in [-0.15, -0.1) is 0 Å². The minimum Gasteiger partial charge on any atom is -0.480 e. The Hall–Kier alpha value is -3.04. The fraction of sp³-hybridized carbons (Fsp3) is 0.294. The molecule has 0 amide bonds. The van der Waals surface area contributed by atoms with Gasteiger partial charge in [0.15, 0.2) is 11.2 Å². The number of aromatic nitrogens is 2. The van der Waals surface area contributed by atoms with Gasteiger partial charge in [-0.2, -0.15) is 0 Å². The lowest BCUT2D eigenvalue weighted by Crippen LogP contribution is -2.74. The van der Waals surface area contributed by atoms with Crippen molar-refractivity contribution in [3.63, 3.8) is 0 Å². The maximum Gasteiger partial charge on any atom is 0.323 e. The van der Waals surface area contributed by atoms with Crippen LogP contribution in [0.4, 0.5) is 0 Å². The number of carbonyl (C=O) groups is 3. The number of hydrogen-bond donors (Lipinski definition) is 4. The highest BCUT2D eigenvalue weighted by Gasteiger charge is 2.72. The third-order valence-corrected chi connectivity index (χ3v) is 4.72. The number of aromatic amines is 1. The second-order valence-electron chi connectivity index (χ2n) is 6.12. The van der Waals surface area contributed by atoms with Gasteiger partial charge < -0.3 is 26.3 Å². The topological polar surface area (TPSA) is 161 Å². The quantitative estimate of drug-likeness (QED) is 0.398. The average Bonchev–Trinajstić information content (AvgIpc) is 3.16. The molecular formula is C17H18N4O5. The van der Waals surface area contributed by atoms with E-state index in [1.54, 1.807) is 30.3 Å². The van der Waals surface area contributed by atoms with Crippen molar-refractivity contribution in [1.82, 2.24) is 9.97 Å². The second kappa shape index (κ2) is 6.70. The molecule has 2 aromatic rings. The molecule has 0 radical (unpaired) electrons. The van der Waals surface area contributed by atoms with Crippen LogP contribution in [0.25, 0.3) is 0 Å². The number of rotatable bonds is 6. The SMILES string of the molecule is NC1C(=O)C(C(=O)OCc2ccccc2)([C@@H](N)C(=O)O)C1c1cnc[nH]1. The summed E-state index contributed by atoms with van der Waals surface area (Å²) in [5.74, 6) is -4.23. The van der Waals surface area contributed by atoms with Crippen LogP contribution < -0.4 is 11.5 Å². The van der Waals surface area contributed by atoms with E-state index in [1.807, 2.05) is 0 Å².